The van der Waals surface area contributed by atoms with Crippen LogP contribution in [-0.4, -0.2) is 61.6 Å². The Morgan fingerprint density at radius 2 is 2.27 bits per heavy atom. The Kier molecular flexibility index (Phi) is 4.24. The number of nitrogens with zero attached hydrogens (tertiary/aromatic N) is 5. The summed E-state index contributed by atoms with van der Waals surface area (Å²) in [6, 6.07) is 2.00. The van der Waals surface area contributed by atoms with E-state index in [2.05, 4.69) is 27.0 Å². The highest BCUT2D eigenvalue weighted by molar-refractivity contribution is 5.78. The summed E-state index contributed by atoms with van der Waals surface area (Å²) in [5, 5.41) is 6.75. The van der Waals surface area contributed by atoms with Gasteiger partial charge in [-0.15, -0.1) is 0 Å². The van der Waals surface area contributed by atoms with Crippen molar-refractivity contribution < 1.29 is 4.79 Å². The summed E-state index contributed by atoms with van der Waals surface area (Å²) in [5.74, 6) is 1.15. The molecule has 1 amide bonds. The van der Waals surface area contributed by atoms with Gasteiger partial charge in [0.1, 0.15) is 5.82 Å². The lowest BCUT2D eigenvalue weighted by atomic mass is 10.1. The van der Waals surface area contributed by atoms with Crippen LogP contribution < -0.4 is 0 Å². The molecule has 1 saturated heterocycles. The van der Waals surface area contributed by atoms with Crippen LogP contribution in [0.25, 0.3) is 0 Å². The predicted molar refractivity (Wildman–Crippen MR) is 82.1 cm³/mol. The lowest BCUT2D eigenvalue weighted by Gasteiger charge is -2.40. The van der Waals surface area contributed by atoms with E-state index in [1.54, 1.807) is 6.20 Å². The first-order chi connectivity index (χ1) is 10.7. The molecule has 1 aliphatic rings. The molecular formula is C15H22N6O. The van der Waals surface area contributed by atoms with Crippen LogP contribution in [0, 0.1) is 0 Å². The van der Waals surface area contributed by atoms with Crippen LogP contribution in [-0.2, 0) is 18.3 Å². The highest BCUT2D eigenvalue weighted by atomic mass is 16.2. The van der Waals surface area contributed by atoms with Gasteiger partial charge in [0.25, 0.3) is 0 Å². The summed E-state index contributed by atoms with van der Waals surface area (Å²) in [6.45, 7) is 5.44. The van der Waals surface area contributed by atoms with Gasteiger partial charge in [-0.25, -0.2) is 4.98 Å². The number of aryl methyl sites for hydroxylation is 1. The number of imidazole rings is 1. The highest BCUT2D eigenvalue weighted by Gasteiger charge is 2.31. The van der Waals surface area contributed by atoms with Gasteiger partial charge in [0.2, 0.25) is 5.91 Å². The van der Waals surface area contributed by atoms with E-state index >= 15 is 0 Å². The first-order valence-corrected chi connectivity index (χ1v) is 7.66. The zero-order valence-corrected chi connectivity index (χ0v) is 13.1. The number of carbonyl (C=O) groups is 1. The van der Waals surface area contributed by atoms with Crippen molar-refractivity contribution in [3.8, 4) is 0 Å². The average molecular weight is 302 g/mol. The van der Waals surface area contributed by atoms with Crippen molar-refractivity contribution in [2.24, 2.45) is 7.05 Å². The van der Waals surface area contributed by atoms with Gasteiger partial charge >= 0.3 is 0 Å². The molecule has 0 unspecified atom stereocenters. The van der Waals surface area contributed by atoms with Crippen LogP contribution in [0.2, 0.25) is 0 Å². The standard InChI is InChI=1S/C15H22N6O/c1-3-20-8-9-21(14(22)10-12-4-5-17-18-12)11-13(20)15-16-6-7-19(15)2/h4-7,13H,3,8-11H2,1-2H3,(H,17,18)/t13-/m1/s1. The van der Waals surface area contributed by atoms with E-state index in [1.807, 2.05) is 35.0 Å². The molecule has 0 aromatic carbocycles. The number of amides is 1. The molecule has 7 nitrogen and oxygen atoms in total. The summed E-state index contributed by atoms with van der Waals surface area (Å²) in [6.07, 6.45) is 5.82. The zero-order valence-electron chi connectivity index (χ0n) is 13.1. The van der Waals surface area contributed by atoms with E-state index in [0.717, 1.165) is 31.2 Å². The summed E-state index contributed by atoms with van der Waals surface area (Å²) in [7, 11) is 2.00. The maximum atomic E-state index is 12.5. The molecule has 0 saturated carbocycles. The topological polar surface area (TPSA) is 70.1 Å². The van der Waals surface area contributed by atoms with E-state index in [9.17, 15) is 4.79 Å². The minimum absolute atomic E-state index is 0.138. The Hall–Kier alpha value is -2.15. The van der Waals surface area contributed by atoms with Crippen LogP contribution in [0.5, 0.6) is 0 Å². The molecule has 0 spiro atoms. The molecule has 118 valence electrons. The third kappa shape index (κ3) is 2.89. The summed E-state index contributed by atoms with van der Waals surface area (Å²) in [4.78, 5) is 21.3. The van der Waals surface area contributed by atoms with Gasteiger partial charge in [-0.3, -0.25) is 14.8 Å². The van der Waals surface area contributed by atoms with Gasteiger partial charge in [-0.2, -0.15) is 5.10 Å². The zero-order chi connectivity index (χ0) is 15.5. The number of rotatable bonds is 4. The van der Waals surface area contributed by atoms with E-state index in [1.165, 1.54) is 0 Å². The average Bonchev–Trinajstić information content (AvgIpc) is 3.18. The van der Waals surface area contributed by atoms with Crippen molar-refractivity contribution >= 4 is 5.91 Å². The SMILES string of the molecule is CCN1CCN(C(=O)Cc2ccn[nH]2)C[C@@H]1c1nccn1C. The number of carbonyl (C=O) groups excluding carboxylic acids is 1. The lowest BCUT2D eigenvalue weighted by molar-refractivity contribution is -0.133. The maximum Gasteiger partial charge on any atom is 0.228 e. The second kappa shape index (κ2) is 6.31. The fraction of sp³-hybridized carbons (Fsp3) is 0.533. The van der Waals surface area contributed by atoms with Gasteiger partial charge < -0.3 is 9.47 Å². The van der Waals surface area contributed by atoms with Gasteiger partial charge in [0.15, 0.2) is 0 Å². The molecule has 0 radical (unpaired) electrons. The number of hydrogen-bond donors (Lipinski definition) is 1. The Balaban J connectivity index is 1.73. The first kappa shape index (κ1) is 14.8. The molecule has 3 rings (SSSR count). The van der Waals surface area contributed by atoms with Gasteiger partial charge in [-0.1, -0.05) is 6.92 Å². The van der Waals surface area contributed by atoms with Crippen molar-refractivity contribution in [3.05, 3.63) is 36.2 Å². The summed E-state index contributed by atoms with van der Waals surface area (Å²) < 4.78 is 2.04. The molecule has 0 aliphatic carbocycles. The largest absolute Gasteiger partial charge is 0.339 e. The molecule has 1 N–H and O–H groups in total. The van der Waals surface area contributed by atoms with Crippen molar-refractivity contribution in [1.82, 2.24) is 29.5 Å². The highest BCUT2D eigenvalue weighted by Crippen LogP contribution is 2.24. The molecule has 0 bridgehead atoms. The van der Waals surface area contributed by atoms with Crippen LogP contribution in [0.1, 0.15) is 24.5 Å². The normalized spacial score (nSPS) is 19.5. The fourth-order valence-corrected chi connectivity index (χ4v) is 3.03. The van der Waals surface area contributed by atoms with E-state index in [0.29, 0.717) is 13.0 Å². The number of aromatic amines is 1. The van der Waals surface area contributed by atoms with E-state index < -0.39 is 0 Å². The van der Waals surface area contributed by atoms with E-state index in [-0.39, 0.29) is 11.9 Å². The second-order valence-corrected chi connectivity index (χ2v) is 5.64. The smallest absolute Gasteiger partial charge is 0.228 e. The van der Waals surface area contributed by atoms with E-state index in [4.69, 9.17) is 0 Å². The molecule has 1 atom stereocenters. The van der Waals surface area contributed by atoms with Gasteiger partial charge in [0, 0.05) is 51.0 Å². The number of H-pyrrole nitrogens is 1. The number of likely N-dealkylation sites (N-methyl/N-ethyl adjacent to an activating group) is 1. The molecule has 2 aromatic rings. The molecular weight excluding hydrogens is 280 g/mol. The Bertz CT molecular complexity index is 620. The van der Waals surface area contributed by atoms with Crippen molar-refractivity contribution in [1.29, 1.82) is 0 Å². The van der Waals surface area contributed by atoms with Crippen LogP contribution in [0.15, 0.2) is 24.7 Å². The molecule has 2 aromatic heterocycles. The number of nitrogens with one attached hydrogen (secondary N) is 1. The number of piperazine rings is 1. The minimum Gasteiger partial charge on any atom is -0.339 e. The van der Waals surface area contributed by atoms with Crippen molar-refractivity contribution in [2.75, 3.05) is 26.2 Å². The molecule has 1 fully saturated rings. The minimum atomic E-state index is 0.138. The van der Waals surface area contributed by atoms with Crippen molar-refractivity contribution in [3.63, 3.8) is 0 Å². The Morgan fingerprint density at radius 3 is 2.91 bits per heavy atom. The quantitative estimate of drug-likeness (QED) is 0.897. The summed E-state index contributed by atoms with van der Waals surface area (Å²) >= 11 is 0. The number of hydrogen-bond acceptors (Lipinski definition) is 4. The first-order valence-electron chi connectivity index (χ1n) is 7.66. The van der Waals surface area contributed by atoms with Crippen LogP contribution in [0.4, 0.5) is 0 Å². The Morgan fingerprint density at radius 1 is 1.41 bits per heavy atom. The fourth-order valence-electron chi connectivity index (χ4n) is 3.03. The van der Waals surface area contributed by atoms with Crippen LogP contribution in [0.3, 0.4) is 0 Å². The maximum absolute atomic E-state index is 12.5. The van der Waals surface area contributed by atoms with Crippen LogP contribution >= 0.6 is 0 Å². The second-order valence-electron chi connectivity index (χ2n) is 5.64. The molecule has 1 aliphatic heterocycles. The van der Waals surface area contributed by atoms with Gasteiger partial charge in [-0.05, 0) is 12.6 Å². The Labute approximate surface area is 129 Å². The predicted octanol–water partition coefficient (Wildman–Crippen LogP) is 0.591. The molecule has 3 heterocycles. The monoisotopic (exact) mass is 302 g/mol. The third-order valence-corrected chi connectivity index (χ3v) is 4.31. The molecule has 22 heavy (non-hydrogen) atoms. The molecule has 7 heteroatoms. The van der Waals surface area contributed by atoms with Crippen molar-refractivity contribution in [2.45, 2.75) is 19.4 Å². The summed E-state index contributed by atoms with van der Waals surface area (Å²) in [5.41, 5.74) is 0.858. The number of aromatic nitrogens is 4. The van der Waals surface area contributed by atoms with Gasteiger partial charge in [0.05, 0.1) is 12.5 Å². The third-order valence-electron chi connectivity index (χ3n) is 4.31. The lowest BCUT2D eigenvalue weighted by Crippen LogP contribution is -2.51.